The molecule has 0 N–H and O–H groups in total. The topological polar surface area (TPSA) is 12.9 Å². The molecular weight excluding hydrogens is 315 g/mol. The molecular formula is C7H4Br2F3N. The standard InChI is InChI=1S/C7H4Br2F3N/c8-1-4-6(10)5(7(11)12)3(9)2-13-4/h2,7H,1H2. The van der Waals surface area contributed by atoms with Gasteiger partial charge in [0.1, 0.15) is 0 Å². The smallest absolute Gasteiger partial charge is 0.256 e. The van der Waals surface area contributed by atoms with Crippen molar-refractivity contribution in [2.24, 2.45) is 0 Å². The van der Waals surface area contributed by atoms with Gasteiger partial charge in [-0.2, -0.15) is 0 Å². The summed E-state index contributed by atoms with van der Waals surface area (Å²) in [5.74, 6) is -0.957. The molecule has 0 bridgehead atoms. The Kier molecular flexibility index (Phi) is 3.73. The molecule has 0 radical (unpaired) electrons. The third kappa shape index (κ3) is 2.22. The maximum absolute atomic E-state index is 13.2. The zero-order valence-electron chi connectivity index (χ0n) is 6.20. The SMILES string of the molecule is Fc1c(CBr)ncc(Br)c1C(F)F. The zero-order chi connectivity index (χ0) is 10.0. The number of hydrogen-bond acceptors (Lipinski definition) is 1. The highest BCUT2D eigenvalue weighted by atomic mass is 79.9. The molecule has 0 aliphatic carbocycles. The Morgan fingerprint density at radius 2 is 2.08 bits per heavy atom. The minimum absolute atomic E-state index is 0.00954. The number of aromatic nitrogens is 1. The van der Waals surface area contributed by atoms with E-state index in [0.717, 1.165) is 0 Å². The number of rotatable bonds is 2. The lowest BCUT2D eigenvalue weighted by Crippen LogP contribution is -2.00. The Morgan fingerprint density at radius 3 is 2.54 bits per heavy atom. The van der Waals surface area contributed by atoms with E-state index >= 15 is 0 Å². The number of halogens is 5. The summed E-state index contributed by atoms with van der Waals surface area (Å²) < 4.78 is 37.8. The van der Waals surface area contributed by atoms with Gasteiger partial charge < -0.3 is 0 Å². The zero-order valence-corrected chi connectivity index (χ0v) is 9.37. The molecule has 1 aromatic rings. The summed E-state index contributed by atoms with van der Waals surface area (Å²) >= 11 is 5.77. The van der Waals surface area contributed by atoms with Gasteiger partial charge in [-0.25, -0.2) is 13.2 Å². The quantitative estimate of drug-likeness (QED) is 0.756. The van der Waals surface area contributed by atoms with Gasteiger partial charge in [0, 0.05) is 16.0 Å². The first kappa shape index (κ1) is 11.0. The van der Waals surface area contributed by atoms with Crippen LogP contribution in [-0.4, -0.2) is 4.98 Å². The molecule has 0 saturated heterocycles. The first-order valence-corrected chi connectivity index (χ1v) is 5.16. The predicted molar refractivity (Wildman–Crippen MR) is 49.5 cm³/mol. The summed E-state index contributed by atoms with van der Waals surface area (Å²) in [5.41, 5.74) is -0.650. The van der Waals surface area contributed by atoms with Crippen molar-refractivity contribution in [3.63, 3.8) is 0 Å². The summed E-state index contributed by atoms with van der Waals surface area (Å²) in [7, 11) is 0. The van der Waals surface area contributed by atoms with Crippen LogP contribution in [0.15, 0.2) is 10.7 Å². The average molecular weight is 319 g/mol. The van der Waals surface area contributed by atoms with Crippen LogP contribution in [0.3, 0.4) is 0 Å². The van der Waals surface area contributed by atoms with Crippen molar-refractivity contribution in [3.8, 4) is 0 Å². The molecule has 0 aromatic carbocycles. The number of pyridine rings is 1. The van der Waals surface area contributed by atoms with E-state index in [-0.39, 0.29) is 15.5 Å². The van der Waals surface area contributed by atoms with Crippen LogP contribution in [0.4, 0.5) is 13.2 Å². The second-order valence-electron chi connectivity index (χ2n) is 2.21. The van der Waals surface area contributed by atoms with Crippen LogP contribution in [0, 0.1) is 5.82 Å². The van der Waals surface area contributed by atoms with Gasteiger partial charge in [0.05, 0.1) is 11.3 Å². The van der Waals surface area contributed by atoms with Crippen molar-refractivity contribution in [2.75, 3.05) is 0 Å². The molecule has 72 valence electrons. The van der Waals surface area contributed by atoms with E-state index in [9.17, 15) is 13.2 Å². The highest BCUT2D eigenvalue weighted by Gasteiger charge is 2.20. The highest BCUT2D eigenvalue weighted by Crippen LogP contribution is 2.30. The van der Waals surface area contributed by atoms with Crippen LogP contribution >= 0.6 is 31.9 Å². The lowest BCUT2D eigenvalue weighted by Gasteiger charge is -2.06. The van der Waals surface area contributed by atoms with E-state index in [1.807, 2.05) is 0 Å². The van der Waals surface area contributed by atoms with Gasteiger partial charge in [0.25, 0.3) is 6.43 Å². The largest absolute Gasteiger partial charge is 0.267 e. The molecule has 6 heteroatoms. The fourth-order valence-corrected chi connectivity index (χ4v) is 1.65. The van der Waals surface area contributed by atoms with Gasteiger partial charge >= 0.3 is 0 Å². The Bertz CT molecular complexity index is 317. The average Bonchev–Trinajstić information content (AvgIpc) is 2.04. The maximum Gasteiger partial charge on any atom is 0.267 e. The van der Waals surface area contributed by atoms with Gasteiger partial charge in [0.15, 0.2) is 5.82 Å². The molecule has 1 heterocycles. The van der Waals surface area contributed by atoms with Crippen molar-refractivity contribution in [1.29, 1.82) is 0 Å². The van der Waals surface area contributed by atoms with Crippen molar-refractivity contribution in [2.45, 2.75) is 11.8 Å². The van der Waals surface area contributed by atoms with E-state index in [2.05, 4.69) is 36.8 Å². The first-order valence-electron chi connectivity index (χ1n) is 3.24. The van der Waals surface area contributed by atoms with Crippen LogP contribution in [0.25, 0.3) is 0 Å². The third-order valence-electron chi connectivity index (χ3n) is 1.43. The summed E-state index contributed by atoms with van der Waals surface area (Å²) in [5, 5.41) is 0.117. The Morgan fingerprint density at radius 1 is 1.46 bits per heavy atom. The molecule has 0 aliphatic rings. The van der Waals surface area contributed by atoms with Gasteiger partial charge in [-0.1, -0.05) is 15.9 Å². The lowest BCUT2D eigenvalue weighted by atomic mass is 10.2. The van der Waals surface area contributed by atoms with Crippen molar-refractivity contribution in [1.82, 2.24) is 4.98 Å². The Balaban J connectivity index is 3.30. The minimum Gasteiger partial charge on any atom is -0.256 e. The first-order chi connectivity index (χ1) is 6.07. The van der Waals surface area contributed by atoms with Crippen LogP contribution < -0.4 is 0 Å². The summed E-state index contributed by atoms with van der Waals surface area (Å²) in [4.78, 5) is 3.64. The van der Waals surface area contributed by atoms with E-state index in [4.69, 9.17) is 0 Å². The second-order valence-corrected chi connectivity index (χ2v) is 3.63. The second kappa shape index (κ2) is 4.41. The molecule has 0 saturated carbocycles. The molecule has 0 spiro atoms. The van der Waals surface area contributed by atoms with Crippen LogP contribution in [0.5, 0.6) is 0 Å². The normalized spacial score (nSPS) is 10.9. The molecule has 13 heavy (non-hydrogen) atoms. The van der Waals surface area contributed by atoms with Gasteiger partial charge in [0.2, 0.25) is 0 Å². The number of nitrogens with zero attached hydrogens (tertiary/aromatic N) is 1. The molecule has 0 amide bonds. The Hall–Kier alpha value is -0.100. The summed E-state index contributed by atoms with van der Waals surface area (Å²) in [6, 6.07) is 0. The van der Waals surface area contributed by atoms with Crippen LogP contribution in [0.2, 0.25) is 0 Å². The van der Waals surface area contributed by atoms with Crippen molar-refractivity contribution in [3.05, 3.63) is 27.7 Å². The van der Waals surface area contributed by atoms with E-state index in [1.54, 1.807) is 0 Å². The Labute approximate surface area is 89.6 Å². The fraction of sp³-hybridized carbons (Fsp3) is 0.286. The van der Waals surface area contributed by atoms with Crippen LogP contribution in [0.1, 0.15) is 17.7 Å². The van der Waals surface area contributed by atoms with Gasteiger partial charge in [-0.05, 0) is 15.9 Å². The molecule has 0 atom stereocenters. The van der Waals surface area contributed by atoms with Gasteiger partial charge in [-0.15, -0.1) is 0 Å². The third-order valence-corrected chi connectivity index (χ3v) is 2.59. The molecule has 0 unspecified atom stereocenters. The summed E-state index contributed by atoms with van der Waals surface area (Å²) in [6.07, 6.45) is -1.67. The number of alkyl halides is 3. The monoisotopic (exact) mass is 317 g/mol. The molecule has 1 nitrogen and oxygen atoms in total. The maximum atomic E-state index is 13.2. The molecule has 0 fully saturated rings. The molecule has 1 aromatic heterocycles. The van der Waals surface area contributed by atoms with E-state index < -0.39 is 17.8 Å². The van der Waals surface area contributed by atoms with E-state index in [0.29, 0.717) is 0 Å². The number of hydrogen-bond donors (Lipinski definition) is 0. The highest BCUT2D eigenvalue weighted by molar-refractivity contribution is 9.10. The van der Waals surface area contributed by atoms with Crippen molar-refractivity contribution >= 4 is 31.9 Å². The molecule has 1 rings (SSSR count). The molecule has 0 aliphatic heterocycles. The summed E-state index contributed by atoms with van der Waals surface area (Å²) in [6.45, 7) is 0. The van der Waals surface area contributed by atoms with Gasteiger partial charge in [-0.3, -0.25) is 4.98 Å². The minimum atomic E-state index is -2.84. The predicted octanol–water partition coefficient (Wildman–Crippen LogP) is 3.82. The lowest BCUT2D eigenvalue weighted by molar-refractivity contribution is 0.145. The van der Waals surface area contributed by atoms with E-state index in [1.165, 1.54) is 6.20 Å². The van der Waals surface area contributed by atoms with Crippen molar-refractivity contribution < 1.29 is 13.2 Å². The van der Waals surface area contributed by atoms with Crippen LogP contribution in [-0.2, 0) is 5.33 Å². The fourth-order valence-electron chi connectivity index (χ4n) is 0.814.